The third kappa shape index (κ3) is 4.15. The van der Waals surface area contributed by atoms with Gasteiger partial charge in [-0.2, -0.15) is 5.10 Å². The van der Waals surface area contributed by atoms with E-state index in [0.29, 0.717) is 17.8 Å². The van der Waals surface area contributed by atoms with E-state index in [1.165, 1.54) is 0 Å². The number of hydrogen-bond donors (Lipinski definition) is 1. The van der Waals surface area contributed by atoms with Crippen LogP contribution in [0, 0.1) is 13.8 Å². The summed E-state index contributed by atoms with van der Waals surface area (Å²) in [4.78, 5) is 0.279. The second-order valence-corrected chi connectivity index (χ2v) is 7.68. The Kier molecular flexibility index (Phi) is 5.66. The minimum Gasteiger partial charge on any atom is -0.497 e. The van der Waals surface area contributed by atoms with Crippen molar-refractivity contribution in [3.8, 4) is 5.75 Å². The Morgan fingerprint density at radius 1 is 1.25 bits per heavy atom. The highest BCUT2D eigenvalue weighted by atomic mass is 32.2. The largest absolute Gasteiger partial charge is 0.497 e. The lowest BCUT2D eigenvalue weighted by Gasteiger charge is -2.14. The number of nitrogens with one attached hydrogen (secondary N) is 1. The zero-order valence-electron chi connectivity index (χ0n) is 14.8. The van der Waals surface area contributed by atoms with Crippen LogP contribution in [0.1, 0.15) is 30.3 Å². The Balaban J connectivity index is 2.01. The van der Waals surface area contributed by atoms with Crippen LogP contribution in [0.5, 0.6) is 5.75 Å². The Morgan fingerprint density at radius 2 is 1.88 bits per heavy atom. The minimum atomic E-state index is -3.57. The first-order valence-electron chi connectivity index (χ1n) is 7.90. The van der Waals surface area contributed by atoms with Crippen LogP contribution in [0.4, 0.5) is 0 Å². The van der Waals surface area contributed by atoms with Crippen molar-refractivity contribution in [3.05, 3.63) is 41.2 Å². The fourth-order valence-corrected chi connectivity index (χ4v) is 4.42. The molecule has 0 bridgehead atoms. The average molecular weight is 351 g/mol. The van der Waals surface area contributed by atoms with Crippen LogP contribution in [-0.2, 0) is 23.5 Å². The van der Waals surface area contributed by atoms with Crippen molar-refractivity contribution in [2.75, 3.05) is 7.11 Å². The van der Waals surface area contributed by atoms with Crippen LogP contribution in [0.3, 0.4) is 0 Å². The number of sulfonamides is 1. The smallest absolute Gasteiger partial charge is 0.244 e. The van der Waals surface area contributed by atoms with Gasteiger partial charge in [0.15, 0.2) is 0 Å². The van der Waals surface area contributed by atoms with Gasteiger partial charge in [-0.05, 0) is 51.3 Å². The molecule has 2 rings (SSSR count). The summed E-state index contributed by atoms with van der Waals surface area (Å²) >= 11 is 0. The van der Waals surface area contributed by atoms with Crippen LogP contribution in [-0.4, -0.2) is 31.3 Å². The van der Waals surface area contributed by atoms with E-state index in [1.807, 2.05) is 31.2 Å². The molecule has 1 atom stereocenters. The third-order valence-corrected chi connectivity index (χ3v) is 5.93. The molecule has 0 unspecified atom stereocenters. The van der Waals surface area contributed by atoms with Gasteiger partial charge < -0.3 is 4.74 Å². The molecule has 0 aliphatic heterocycles. The molecule has 132 valence electrons. The van der Waals surface area contributed by atoms with Gasteiger partial charge in [0.2, 0.25) is 10.0 Å². The predicted octanol–water partition coefficient (Wildman–Crippen LogP) is 2.35. The molecule has 1 aromatic carbocycles. The number of nitrogens with zero attached hydrogens (tertiary/aromatic N) is 2. The second-order valence-electron chi connectivity index (χ2n) is 6.03. The third-order valence-electron chi connectivity index (χ3n) is 4.09. The second kappa shape index (κ2) is 7.36. The van der Waals surface area contributed by atoms with Gasteiger partial charge in [-0.3, -0.25) is 4.68 Å². The molecule has 0 fully saturated rings. The normalized spacial score (nSPS) is 13.0. The molecule has 0 saturated heterocycles. The maximum absolute atomic E-state index is 12.6. The van der Waals surface area contributed by atoms with Crippen molar-refractivity contribution in [3.63, 3.8) is 0 Å². The van der Waals surface area contributed by atoms with Crippen LogP contribution >= 0.6 is 0 Å². The summed E-state index contributed by atoms with van der Waals surface area (Å²) in [7, 11) is -0.191. The Labute approximate surface area is 143 Å². The lowest BCUT2D eigenvalue weighted by atomic mass is 10.1. The molecule has 6 nitrogen and oxygen atoms in total. The van der Waals surface area contributed by atoms with Crippen molar-refractivity contribution >= 4 is 10.0 Å². The number of methoxy groups -OCH3 is 1. The van der Waals surface area contributed by atoms with Crippen LogP contribution in [0.25, 0.3) is 0 Å². The van der Waals surface area contributed by atoms with Crippen LogP contribution in [0.2, 0.25) is 0 Å². The number of aryl methyl sites for hydroxylation is 3. The lowest BCUT2D eigenvalue weighted by molar-refractivity contribution is 0.414. The van der Waals surface area contributed by atoms with E-state index in [0.717, 1.165) is 17.7 Å². The number of aromatic nitrogens is 2. The first-order valence-corrected chi connectivity index (χ1v) is 9.38. The van der Waals surface area contributed by atoms with Gasteiger partial charge in [-0.1, -0.05) is 12.1 Å². The molecule has 0 amide bonds. The van der Waals surface area contributed by atoms with Gasteiger partial charge >= 0.3 is 0 Å². The zero-order valence-corrected chi connectivity index (χ0v) is 15.6. The molecule has 1 N–H and O–H groups in total. The first-order chi connectivity index (χ1) is 11.2. The van der Waals surface area contributed by atoms with Crippen molar-refractivity contribution in [1.82, 2.24) is 14.5 Å². The predicted molar refractivity (Wildman–Crippen MR) is 93.8 cm³/mol. The average Bonchev–Trinajstić information content (AvgIpc) is 2.78. The molecule has 0 aliphatic carbocycles. The van der Waals surface area contributed by atoms with E-state index in [4.69, 9.17) is 4.74 Å². The Hall–Kier alpha value is -1.86. The van der Waals surface area contributed by atoms with Crippen LogP contribution < -0.4 is 9.46 Å². The summed E-state index contributed by atoms with van der Waals surface area (Å²) < 4.78 is 34.7. The standard InChI is InChI=1S/C17H25N3O3S/c1-12(6-7-15-8-10-16(23-5)11-9-15)19-24(21,22)17-13(2)18-20(4)14(17)3/h8-12,19H,6-7H2,1-5H3/t12-/m1/s1. The topological polar surface area (TPSA) is 73.2 Å². The first kappa shape index (κ1) is 18.5. The molecular formula is C17H25N3O3S. The lowest BCUT2D eigenvalue weighted by Crippen LogP contribution is -2.33. The van der Waals surface area contributed by atoms with Gasteiger partial charge in [-0.15, -0.1) is 0 Å². The number of ether oxygens (including phenoxy) is 1. The molecule has 7 heteroatoms. The van der Waals surface area contributed by atoms with Gasteiger partial charge in [-0.25, -0.2) is 13.1 Å². The SMILES string of the molecule is COc1ccc(CC[C@@H](C)NS(=O)(=O)c2c(C)nn(C)c2C)cc1. The van der Waals surface area contributed by atoms with Crippen molar-refractivity contribution in [2.45, 2.75) is 44.6 Å². The number of benzene rings is 1. The fourth-order valence-electron chi connectivity index (χ4n) is 2.70. The van der Waals surface area contributed by atoms with Gasteiger partial charge in [0, 0.05) is 13.1 Å². The Bertz CT molecular complexity index is 795. The quantitative estimate of drug-likeness (QED) is 0.831. The molecule has 2 aromatic rings. The monoisotopic (exact) mass is 351 g/mol. The molecular weight excluding hydrogens is 326 g/mol. The van der Waals surface area contributed by atoms with E-state index in [1.54, 1.807) is 32.7 Å². The highest BCUT2D eigenvalue weighted by molar-refractivity contribution is 7.89. The number of hydrogen-bond acceptors (Lipinski definition) is 4. The van der Waals surface area contributed by atoms with Crippen molar-refractivity contribution in [1.29, 1.82) is 0 Å². The van der Waals surface area contributed by atoms with Crippen molar-refractivity contribution in [2.24, 2.45) is 7.05 Å². The van der Waals surface area contributed by atoms with Gasteiger partial charge in [0.05, 0.1) is 18.5 Å². The summed E-state index contributed by atoms with van der Waals surface area (Å²) in [6, 6.07) is 7.64. The van der Waals surface area contributed by atoms with E-state index in [2.05, 4.69) is 9.82 Å². The van der Waals surface area contributed by atoms with E-state index in [-0.39, 0.29) is 10.9 Å². The van der Waals surface area contributed by atoms with Gasteiger partial charge in [0.1, 0.15) is 10.6 Å². The summed E-state index contributed by atoms with van der Waals surface area (Å²) in [6.07, 6.45) is 1.50. The minimum absolute atomic E-state index is 0.170. The molecule has 0 radical (unpaired) electrons. The summed E-state index contributed by atoms with van der Waals surface area (Å²) in [5.74, 6) is 0.815. The molecule has 1 aromatic heterocycles. The zero-order chi connectivity index (χ0) is 17.9. The van der Waals surface area contributed by atoms with Crippen LogP contribution in [0.15, 0.2) is 29.2 Å². The summed E-state index contributed by atoms with van der Waals surface area (Å²) in [5, 5.41) is 4.18. The maximum Gasteiger partial charge on any atom is 0.244 e. The molecule has 0 saturated carbocycles. The number of rotatable bonds is 7. The highest BCUT2D eigenvalue weighted by Crippen LogP contribution is 2.19. The molecule has 24 heavy (non-hydrogen) atoms. The van der Waals surface area contributed by atoms with Gasteiger partial charge in [0.25, 0.3) is 0 Å². The summed E-state index contributed by atoms with van der Waals surface area (Å²) in [6.45, 7) is 5.35. The Morgan fingerprint density at radius 3 is 2.38 bits per heavy atom. The van der Waals surface area contributed by atoms with E-state index in [9.17, 15) is 8.42 Å². The van der Waals surface area contributed by atoms with E-state index < -0.39 is 10.0 Å². The fraction of sp³-hybridized carbons (Fsp3) is 0.471. The highest BCUT2D eigenvalue weighted by Gasteiger charge is 2.25. The molecule has 1 heterocycles. The summed E-state index contributed by atoms with van der Waals surface area (Å²) in [5.41, 5.74) is 2.31. The van der Waals surface area contributed by atoms with Crippen molar-refractivity contribution < 1.29 is 13.2 Å². The molecule has 0 spiro atoms. The van der Waals surface area contributed by atoms with E-state index >= 15 is 0 Å². The maximum atomic E-state index is 12.6. The molecule has 0 aliphatic rings.